The first kappa shape index (κ1) is 15.6. The number of ether oxygens (including phenoxy) is 1. The molecule has 0 saturated heterocycles. The van der Waals surface area contributed by atoms with Crippen LogP contribution in [0.4, 0.5) is 5.69 Å². The molecule has 0 aromatic heterocycles. The van der Waals surface area contributed by atoms with Crippen LogP contribution in [0.2, 0.25) is 0 Å². The second-order valence-corrected chi connectivity index (χ2v) is 5.77. The summed E-state index contributed by atoms with van der Waals surface area (Å²) in [6.07, 6.45) is 2.55. The van der Waals surface area contributed by atoms with E-state index in [0.717, 1.165) is 29.3 Å². The fraction of sp³-hybridized carbons (Fsp3) is 0.562. The minimum absolute atomic E-state index is 0.149. The van der Waals surface area contributed by atoms with E-state index < -0.39 is 0 Å². The predicted molar refractivity (Wildman–Crippen MR) is 85.1 cm³/mol. The molecule has 0 spiro atoms. The number of rotatable bonds is 7. The number of nitrogens with zero attached hydrogens (tertiary/aromatic N) is 2. The van der Waals surface area contributed by atoms with Crippen molar-refractivity contribution in [3.63, 3.8) is 0 Å². The summed E-state index contributed by atoms with van der Waals surface area (Å²) in [6.45, 7) is 5.74. The number of hydrogen-bond acceptors (Lipinski definition) is 4. The van der Waals surface area contributed by atoms with Crippen LogP contribution in [0, 0.1) is 12.8 Å². The molecule has 0 aliphatic heterocycles. The lowest BCUT2D eigenvalue weighted by Crippen LogP contribution is -2.38. The van der Waals surface area contributed by atoms with E-state index in [1.807, 2.05) is 12.1 Å². The van der Waals surface area contributed by atoms with E-state index in [-0.39, 0.29) is 5.84 Å². The molecule has 1 aromatic rings. The number of hydrogen-bond donors (Lipinski definition) is 2. The van der Waals surface area contributed by atoms with Gasteiger partial charge in [0.25, 0.3) is 0 Å². The topological polar surface area (TPSA) is 71.1 Å². The highest BCUT2D eigenvalue weighted by Crippen LogP contribution is 2.37. The number of aryl methyl sites for hydroxylation is 1. The van der Waals surface area contributed by atoms with E-state index in [2.05, 4.69) is 30.0 Å². The molecule has 1 atom stereocenters. The lowest BCUT2D eigenvalue weighted by atomic mass is 10.0. The van der Waals surface area contributed by atoms with Gasteiger partial charge in [0.1, 0.15) is 0 Å². The molecule has 1 aliphatic rings. The van der Waals surface area contributed by atoms with Crippen LogP contribution < -0.4 is 10.6 Å². The number of methoxy groups -OCH3 is 1. The minimum atomic E-state index is 0.149. The molecule has 5 heteroatoms. The Morgan fingerprint density at radius 1 is 1.52 bits per heavy atom. The van der Waals surface area contributed by atoms with E-state index in [9.17, 15) is 0 Å². The van der Waals surface area contributed by atoms with Crippen LogP contribution in [-0.4, -0.2) is 37.3 Å². The molecule has 116 valence electrons. The molecule has 3 N–H and O–H groups in total. The van der Waals surface area contributed by atoms with Gasteiger partial charge < -0.3 is 20.6 Å². The van der Waals surface area contributed by atoms with Crippen molar-refractivity contribution in [1.82, 2.24) is 0 Å². The first-order valence-electron chi connectivity index (χ1n) is 7.42. The van der Waals surface area contributed by atoms with Gasteiger partial charge in [-0.3, -0.25) is 0 Å². The fourth-order valence-electron chi connectivity index (χ4n) is 2.72. The summed E-state index contributed by atoms with van der Waals surface area (Å²) in [5.74, 6) is 0.873. The Labute approximate surface area is 126 Å². The third-order valence-corrected chi connectivity index (χ3v) is 4.18. The summed E-state index contributed by atoms with van der Waals surface area (Å²) in [4.78, 5) is 2.32. The van der Waals surface area contributed by atoms with Crippen LogP contribution in [0.15, 0.2) is 23.4 Å². The van der Waals surface area contributed by atoms with Gasteiger partial charge >= 0.3 is 0 Å². The first-order chi connectivity index (χ1) is 10.1. The van der Waals surface area contributed by atoms with Gasteiger partial charge in [0, 0.05) is 30.9 Å². The second kappa shape index (κ2) is 6.80. The molecule has 2 rings (SSSR count). The van der Waals surface area contributed by atoms with Crippen molar-refractivity contribution in [1.29, 1.82) is 0 Å². The SMILES string of the molecule is COCCN(c1cc(C)ccc1C(N)=NO)C(C)C1CC1. The molecular weight excluding hydrogens is 266 g/mol. The van der Waals surface area contributed by atoms with Crippen molar-refractivity contribution < 1.29 is 9.94 Å². The molecule has 0 bridgehead atoms. The third-order valence-electron chi connectivity index (χ3n) is 4.18. The van der Waals surface area contributed by atoms with E-state index in [0.29, 0.717) is 12.6 Å². The van der Waals surface area contributed by atoms with Crippen LogP contribution >= 0.6 is 0 Å². The molecule has 1 unspecified atom stereocenters. The molecule has 5 nitrogen and oxygen atoms in total. The van der Waals surface area contributed by atoms with Crippen LogP contribution in [-0.2, 0) is 4.74 Å². The summed E-state index contributed by atoms with van der Waals surface area (Å²) < 4.78 is 5.25. The van der Waals surface area contributed by atoms with Gasteiger partial charge in [-0.25, -0.2) is 0 Å². The normalized spacial score (nSPS) is 16.8. The lowest BCUT2D eigenvalue weighted by Gasteiger charge is -2.33. The van der Waals surface area contributed by atoms with Crippen molar-refractivity contribution in [2.24, 2.45) is 16.8 Å². The van der Waals surface area contributed by atoms with Gasteiger partial charge in [0.05, 0.1) is 6.61 Å². The van der Waals surface area contributed by atoms with Crippen molar-refractivity contribution in [2.45, 2.75) is 32.7 Å². The Kier molecular flexibility index (Phi) is 5.07. The molecule has 21 heavy (non-hydrogen) atoms. The summed E-state index contributed by atoms with van der Waals surface area (Å²) in [5, 5.41) is 12.2. The smallest absolute Gasteiger partial charge is 0.172 e. The third kappa shape index (κ3) is 3.67. The molecular formula is C16H25N3O2. The summed E-state index contributed by atoms with van der Waals surface area (Å²) in [6, 6.07) is 6.42. The molecule has 1 saturated carbocycles. The zero-order valence-corrected chi connectivity index (χ0v) is 13.0. The molecule has 0 radical (unpaired) electrons. The van der Waals surface area contributed by atoms with Crippen molar-refractivity contribution in [2.75, 3.05) is 25.2 Å². The minimum Gasteiger partial charge on any atom is -0.409 e. The number of nitrogens with two attached hydrogens (primary N) is 1. The number of amidine groups is 1. The average Bonchev–Trinajstić information content (AvgIpc) is 3.31. The van der Waals surface area contributed by atoms with Gasteiger partial charge in [-0.15, -0.1) is 0 Å². The fourth-order valence-corrected chi connectivity index (χ4v) is 2.72. The first-order valence-corrected chi connectivity index (χ1v) is 7.42. The van der Waals surface area contributed by atoms with Crippen molar-refractivity contribution in [3.8, 4) is 0 Å². The van der Waals surface area contributed by atoms with Crippen LogP contribution in [0.5, 0.6) is 0 Å². The van der Waals surface area contributed by atoms with Gasteiger partial charge in [-0.2, -0.15) is 0 Å². The Morgan fingerprint density at radius 3 is 2.81 bits per heavy atom. The maximum atomic E-state index is 9.02. The average molecular weight is 291 g/mol. The molecule has 0 amide bonds. The number of oxime groups is 1. The quantitative estimate of drug-likeness (QED) is 0.350. The van der Waals surface area contributed by atoms with Crippen molar-refractivity contribution in [3.05, 3.63) is 29.3 Å². The van der Waals surface area contributed by atoms with E-state index in [1.165, 1.54) is 12.8 Å². The second-order valence-electron chi connectivity index (χ2n) is 5.77. The van der Waals surface area contributed by atoms with E-state index >= 15 is 0 Å². The summed E-state index contributed by atoms with van der Waals surface area (Å²) in [5.41, 5.74) is 8.79. The lowest BCUT2D eigenvalue weighted by molar-refractivity contribution is 0.202. The Balaban J connectivity index is 2.39. The van der Waals surface area contributed by atoms with Gasteiger partial charge in [-0.05, 0) is 50.3 Å². The standard InChI is InChI=1S/C16H25N3O2/c1-11-4-7-14(16(17)18-20)15(10-11)19(8-9-21-3)12(2)13-5-6-13/h4,7,10,12-13,20H,5-6,8-9H2,1-3H3,(H2,17,18). The van der Waals surface area contributed by atoms with Gasteiger partial charge in [0.2, 0.25) is 0 Å². The van der Waals surface area contributed by atoms with Crippen LogP contribution in [0.25, 0.3) is 0 Å². The van der Waals surface area contributed by atoms with Crippen molar-refractivity contribution >= 4 is 11.5 Å². The summed E-state index contributed by atoms with van der Waals surface area (Å²) >= 11 is 0. The molecule has 1 aromatic carbocycles. The zero-order chi connectivity index (χ0) is 15.4. The molecule has 1 aliphatic carbocycles. The van der Waals surface area contributed by atoms with Gasteiger partial charge in [0.15, 0.2) is 5.84 Å². The number of benzene rings is 1. The maximum Gasteiger partial charge on any atom is 0.172 e. The zero-order valence-electron chi connectivity index (χ0n) is 13.0. The molecule has 0 heterocycles. The Bertz CT molecular complexity index is 512. The predicted octanol–water partition coefficient (Wildman–Crippen LogP) is 2.34. The summed E-state index contributed by atoms with van der Waals surface area (Å²) in [7, 11) is 1.71. The largest absolute Gasteiger partial charge is 0.409 e. The Morgan fingerprint density at radius 2 is 2.24 bits per heavy atom. The van der Waals surface area contributed by atoms with Crippen LogP contribution in [0.1, 0.15) is 30.9 Å². The highest BCUT2D eigenvalue weighted by Gasteiger charge is 2.33. The maximum absolute atomic E-state index is 9.02. The van der Waals surface area contributed by atoms with E-state index in [4.69, 9.17) is 15.7 Å². The highest BCUT2D eigenvalue weighted by atomic mass is 16.5. The number of anilines is 1. The molecule has 1 fully saturated rings. The van der Waals surface area contributed by atoms with Gasteiger partial charge in [-0.1, -0.05) is 11.2 Å². The Hall–Kier alpha value is -1.75. The van der Waals surface area contributed by atoms with Crippen LogP contribution in [0.3, 0.4) is 0 Å². The monoisotopic (exact) mass is 291 g/mol. The highest BCUT2D eigenvalue weighted by molar-refractivity contribution is 6.02. The van der Waals surface area contributed by atoms with E-state index in [1.54, 1.807) is 7.11 Å².